The van der Waals surface area contributed by atoms with Gasteiger partial charge in [-0.05, 0) is 43.4 Å². The van der Waals surface area contributed by atoms with E-state index in [2.05, 4.69) is 11.6 Å². The molecule has 1 fully saturated rings. The summed E-state index contributed by atoms with van der Waals surface area (Å²) < 4.78 is 0. The molecule has 2 rings (SSSR count). The van der Waals surface area contributed by atoms with Crippen LogP contribution >= 0.6 is 11.8 Å². The topological polar surface area (TPSA) is 29.1 Å². The summed E-state index contributed by atoms with van der Waals surface area (Å²) in [5.41, 5.74) is 1.95. The number of hydrogen-bond donors (Lipinski definition) is 1. The molecule has 1 aromatic rings. The van der Waals surface area contributed by atoms with E-state index in [0.29, 0.717) is 12.5 Å². The number of Topliss-reactive ketones (excluding diaryl/α,β-unsaturated/α-hetero) is 1. The van der Waals surface area contributed by atoms with Crippen LogP contribution in [0, 0.1) is 0 Å². The maximum Gasteiger partial charge on any atom is 0.162 e. The minimum absolute atomic E-state index is 0.212. The van der Waals surface area contributed by atoms with Gasteiger partial charge in [-0.2, -0.15) is 11.8 Å². The lowest BCUT2D eigenvalue weighted by Gasteiger charge is -2.20. The lowest BCUT2D eigenvalue weighted by atomic mass is 10.1. The van der Waals surface area contributed by atoms with Gasteiger partial charge < -0.3 is 5.32 Å². The number of anilines is 1. The van der Waals surface area contributed by atoms with E-state index in [0.717, 1.165) is 16.5 Å². The molecule has 1 N–H and O–H groups in total. The molecular weight excluding hydrogens is 242 g/mol. The van der Waals surface area contributed by atoms with Crippen molar-refractivity contribution in [3.8, 4) is 0 Å². The third-order valence-electron chi connectivity index (χ3n) is 3.64. The molecule has 0 saturated heterocycles. The summed E-state index contributed by atoms with van der Waals surface area (Å²) in [4.78, 5) is 11.5. The zero-order valence-corrected chi connectivity index (χ0v) is 11.9. The first-order chi connectivity index (χ1) is 8.74. The van der Waals surface area contributed by atoms with Crippen molar-refractivity contribution in [2.75, 3.05) is 11.6 Å². The summed E-state index contributed by atoms with van der Waals surface area (Å²) in [6.45, 7) is 1.90. The Balaban J connectivity index is 2.00. The van der Waals surface area contributed by atoms with Crippen LogP contribution < -0.4 is 5.32 Å². The molecule has 2 unspecified atom stereocenters. The fraction of sp³-hybridized carbons (Fsp3) is 0.533. The Labute approximate surface area is 114 Å². The van der Waals surface area contributed by atoms with Crippen molar-refractivity contribution >= 4 is 23.2 Å². The third-order valence-corrected chi connectivity index (χ3v) is 4.81. The van der Waals surface area contributed by atoms with Crippen LogP contribution in [0.5, 0.6) is 0 Å². The summed E-state index contributed by atoms with van der Waals surface area (Å²) in [5.74, 6) is 0.212. The van der Waals surface area contributed by atoms with Gasteiger partial charge in [0.15, 0.2) is 5.78 Å². The quantitative estimate of drug-likeness (QED) is 0.815. The van der Waals surface area contributed by atoms with Gasteiger partial charge in [0.05, 0.1) is 0 Å². The van der Waals surface area contributed by atoms with Crippen LogP contribution in [0.3, 0.4) is 0 Å². The van der Waals surface area contributed by atoms with Gasteiger partial charge in [0, 0.05) is 29.0 Å². The minimum Gasteiger partial charge on any atom is -0.381 e. The van der Waals surface area contributed by atoms with E-state index in [1.807, 2.05) is 43.0 Å². The molecule has 2 nitrogen and oxygen atoms in total. The summed E-state index contributed by atoms with van der Waals surface area (Å²) in [6, 6.07) is 8.48. The van der Waals surface area contributed by atoms with Crippen molar-refractivity contribution in [1.82, 2.24) is 0 Å². The van der Waals surface area contributed by atoms with E-state index in [1.165, 1.54) is 19.3 Å². The predicted octanol–water partition coefficient (Wildman–Crippen LogP) is 3.98. The number of rotatable bonds is 5. The van der Waals surface area contributed by atoms with E-state index in [9.17, 15) is 4.79 Å². The molecule has 0 amide bonds. The highest BCUT2D eigenvalue weighted by Crippen LogP contribution is 2.30. The Morgan fingerprint density at radius 2 is 2.06 bits per heavy atom. The standard InChI is InChI=1S/C15H21NOS/c1-3-14(17)11-7-9-12(10-8-11)16-13-5-4-6-15(13)18-2/h7-10,13,15-16H,3-6H2,1-2H3. The molecule has 1 aliphatic carbocycles. The maximum absolute atomic E-state index is 11.5. The zero-order valence-electron chi connectivity index (χ0n) is 11.1. The number of benzene rings is 1. The fourth-order valence-corrected chi connectivity index (χ4v) is 3.48. The highest BCUT2D eigenvalue weighted by Gasteiger charge is 2.26. The molecule has 18 heavy (non-hydrogen) atoms. The Hall–Kier alpha value is -0.960. The second-order valence-corrected chi connectivity index (χ2v) is 5.89. The average Bonchev–Trinajstić information content (AvgIpc) is 2.86. The molecule has 0 bridgehead atoms. The number of ketones is 1. The summed E-state index contributed by atoms with van der Waals surface area (Å²) in [6.07, 6.45) is 6.64. The minimum atomic E-state index is 0.212. The fourth-order valence-electron chi connectivity index (χ4n) is 2.54. The van der Waals surface area contributed by atoms with Crippen LogP contribution in [-0.4, -0.2) is 23.3 Å². The first kappa shape index (κ1) is 13.5. The highest BCUT2D eigenvalue weighted by molar-refractivity contribution is 7.99. The molecule has 0 aliphatic heterocycles. The predicted molar refractivity (Wildman–Crippen MR) is 79.6 cm³/mol. The van der Waals surface area contributed by atoms with Crippen molar-refractivity contribution < 1.29 is 4.79 Å². The number of carbonyl (C=O) groups is 1. The van der Waals surface area contributed by atoms with Gasteiger partial charge in [-0.15, -0.1) is 0 Å². The first-order valence-corrected chi connectivity index (χ1v) is 7.96. The monoisotopic (exact) mass is 263 g/mol. The van der Waals surface area contributed by atoms with Crippen LogP contribution in [0.2, 0.25) is 0 Å². The molecule has 3 heteroatoms. The average molecular weight is 263 g/mol. The summed E-state index contributed by atoms with van der Waals surface area (Å²) >= 11 is 1.95. The van der Waals surface area contributed by atoms with Gasteiger partial charge >= 0.3 is 0 Å². The van der Waals surface area contributed by atoms with E-state index in [1.54, 1.807) is 0 Å². The van der Waals surface area contributed by atoms with Gasteiger partial charge in [-0.1, -0.05) is 13.3 Å². The van der Waals surface area contributed by atoms with Gasteiger partial charge in [-0.3, -0.25) is 4.79 Å². The number of nitrogens with one attached hydrogen (secondary N) is 1. The number of thioether (sulfide) groups is 1. The Morgan fingerprint density at radius 3 is 2.67 bits per heavy atom. The van der Waals surface area contributed by atoms with Crippen molar-refractivity contribution in [3.63, 3.8) is 0 Å². The molecule has 0 spiro atoms. The van der Waals surface area contributed by atoms with Crippen molar-refractivity contribution in [3.05, 3.63) is 29.8 Å². The lowest BCUT2D eigenvalue weighted by molar-refractivity contribution is 0.0988. The van der Waals surface area contributed by atoms with E-state index in [-0.39, 0.29) is 5.78 Å². The van der Waals surface area contributed by atoms with Crippen molar-refractivity contribution in [2.45, 2.75) is 43.9 Å². The second-order valence-electron chi connectivity index (χ2n) is 4.81. The first-order valence-electron chi connectivity index (χ1n) is 6.67. The Bertz CT molecular complexity index is 401. The van der Waals surface area contributed by atoms with Crippen molar-refractivity contribution in [2.24, 2.45) is 0 Å². The SMILES string of the molecule is CCC(=O)c1ccc(NC2CCCC2SC)cc1. The summed E-state index contributed by atoms with van der Waals surface area (Å²) in [7, 11) is 0. The van der Waals surface area contributed by atoms with Gasteiger partial charge in [0.25, 0.3) is 0 Å². The molecular formula is C15H21NOS. The molecule has 1 aromatic carbocycles. The van der Waals surface area contributed by atoms with Crippen LogP contribution in [0.4, 0.5) is 5.69 Å². The molecule has 1 saturated carbocycles. The smallest absolute Gasteiger partial charge is 0.162 e. The summed E-state index contributed by atoms with van der Waals surface area (Å²) in [5, 5.41) is 4.32. The molecule has 0 radical (unpaired) electrons. The molecule has 2 atom stereocenters. The van der Waals surface area contributed by atoms with Gasteiger partial charge in [-0.25, -0.2) is 0 Å². The number of hydrogen-bond acceptors (Lipinski definition) is 3. The van der Waals surface area contributed by atoms with Crippen molar-refractivity contribution in [1.29, 1.82) is 0 Å². The largest absolute Gasteiger partial charge is 0.381 e. The second kappa shape index (κ2) is 6.28. The van der Waals surface area contributed by atoms with E-state index >= 15 is 0 Å². The van der Waals surface area contributed by atoms with Gasteiger partial charge in [0.2, 0.25) is 0 Å². The third kappa shape index (κ3) is 3.08. The van der Waals surface area contributed by atoms with E-state index in [4.69, 9.17) is 0 Å². The maximum atomic E-state index is 11.5. The normalized spacial score (nSPS) is 23.0. The van der Waals surface area contributed by atoms with Gasteiger partial charge in [0.1, 0.15) is 0 Å². The van der Waals surface area contributed by atoms with E-state index < -0.39 is 0 Å². The van der Waals surface area contributed by atoms with Crippen LogP contribution in [-0.2, 0) is 0 Å². The molecule has 0 aromatic heterocycles. The molecule has 0 heterocycles. The zero-order chi connectivity index (χ0) is 13.0. The van der Waals surface area contributed by atoms with Crippen LogP contribution in [0.25, 0.3) is 0 Å². The van der Waals surface area contributed by atoms with Crippen LogP contribution in [0.1, 0.15) is 43.0 Å². The lowest BCUT2D eigenvalue weighted by Crippen LogP contribution is -2.25. The number of carbonyl (C=O) groups excluding carboxylic acids is 1. The molecule has 1 aliphatic rings. The highest BCUT2D eigenvalue weighted by atomic mass is 32.2. The Kier molecular flexibility index (Phi) is 4.70. The van der Waals surface area contributed by atoms with Crippen LogP contribution in [0.15, 0.2) is 24.3 Å². The Morgan fingerprint density at radius 1 is 1.33 bits per heavy atom. The molecule has 98 valence electrons.